The van der Waals surface area contributed by atoms with Crippen LogP contribution in [0.1, 0.15) is 44.0 Å². The number of rotatable bonds is 6. The number of ether oxygens (including phenoxy) is 2. The summed E-state index contributed by atoms with van der Waals surface area (Å²) >= 11 is 5.84. The van der Waals surface area contributed by atoms with Gasteiger partial charge in [-0.2, -0.15) is 0 Å². The predicted octanol–water partition coefficient (Wildman–Crippen LogP) is 3.65. The van der Waals surface area contributed by atoms with Crippen LogP contribution in [0.25, 0.3) is 0 Å². The lowest BCUT2D eigenvalue weighted by molar-refractivity contribution is -0.155. The quantitative estimate of drug-likeness (QED) is 0.457. The molecule has 0 saturated heterocycles. The Morgan fingerprint density at radius 2 is 2.05 bits per heavy atom. The molecule has 0 aliphatic carbocycles. The van der Waals surface area contributed by atoms with Crippen molar-refractivity contribution in [3.05, 3.63) is 28.8 Å². The molecule has 5 heteroatoms. The lowest BCUT2D eigenvalue weighted by Crippen LogP contribution is -2.24. The summed E-state index contributed by atoms with van der Waals surface area (Å²) in [5, 5.41) is 0.498. The number of hydrogen-bond donors (Lipinski definition) is 0. The van der Waals surface area contributed by atoms with Gasteiger partial charge in [-0.25, -0.2) is 0 Å². The first-order valence-electron chi connectivity index (χ1n) is 6.41. The highest BCUT2D eigenvalue weighted by atomic mass is 35.5. The van der Waals surface area contributed by atoms with Gasteiger partial charge >= 0.3 is 5.97 Å². The van der Waals surface area contributed by atoms with Crippen LogP contribution in [0.15, 0.2) is 18.2 Å². The fourth-order valence-electron chi connectivity index (χ4n) is 1.52. The summed E-state index contributed by atoms with van der Waals surface area (Å²) in [5.74, 6) is 0.166. The SMILES string of the molecule is CC(C)(C)OC(=O)CCCOc1cc(Cl)ccc1C=O. The van der Waals surface area contributed by atoms with Crippen LogP contribution in [0.5, 0.6) is 5.75 Å². The Morgan fingerprint density at radius 3 is 2.65 bits per heavy atom. The Hall–Kier alpha value is -1.55. The van der Waals surface area contributed by atoms with Gasteiger partial charge in [0, 0.05) is 11.4 Å². The molecule has 0 saturated carbocycles. The van der Waals surface area contributed by atoms with Crippen LogP contribution in [0.3, 0.4) is 0 Å². The summed E-state index contributed by atoms with van der Waals surface area (Å²) in [6.45, 7) is 5.79. The molecule has 1 aromatic carbocycles. The summed E-state index contributed by atoms with van der Waals surface area (Å²) in [4.78, 5) is 22.3. The minimum atomic E-state index is -0.477. The highest BCUT2D eigenvalue weighted by molar-refractivity contribution is 6.30. The molecule has 4 nitrogen and oxygen atoms in total. The highest BCUT2D eigenvalue weighted by Gasteiger charge is 2.15. The third-order valence-corrected chi connectivity index (χ3v) is 2.54. The zero-order chi connectivity index (χ0) is 15.2. The molecule has 0 heterocycles. The van der Waals surface area contributed by atoms with Gasteiger partial charge in [-0.05, 0) is 45.4 Å². The Bertz CT molecular complexity index is 477. The van der Waals surface area contributed by atoms with E-state index in [1.807, 2.05) is 20.8 Å². The number of halogens is 1. The maximum Gasteiger partial charge on any atom is 0.306 e. The van der Waals surface area contributed by atoms with Gasteiger partial charge in [-0.3, -0.25) is 9.59 Å². The van der Waals surface area contributed by atoms with E-state index in [-0.39, 0.29) is 12.4 Å². The second kappa shape index (κ2) is 7.29. The largest absolute Gasteiger partial charge is 0.493 e. The molecule has 0 spiro atoms. The molecule has 0 radical (unpaired) electrons. The van der Waals surface area contributed by atoms with Crippen molar-refractivity contribution in [3.63, 3.8) is 0 Å². The van der Waals surface area contributed by atoms with E-state index >= 15 is 0 Å². The van der Waals surface area contributed by atoms with Crippen LogP contribution < -0.4 is 4.74 Å². The van der Waals surface area contributed by atoms with Gasteiger partial charge in [0.25, 0.3) is 0 Å². The third-order valence-electron chi connectivity index (χ3n) is 2.31. The van der Waals surface area contributed by atoms with E-state index in [1.54, 1.807) is 18.2 Å². The van der Waals surface area contributed by atoms with E-state index in [4.69, 9.17) is 21.1 Å². The zero-order valence-corrected chi connectivity index (χ0v) is 12.7. The first kappa shape index (κ1) is 16.5. The van der Waals surface area contributed by atoms with Gasteiger partial charge in [0.1, 0.15) is 11.4 Å². The zero-order valence-electron chi connectivity index (χ0n) is 11.9. The number of aldehydes is 1. The van der Waals surface area contributed by atoms with Crippen LogP contribution in [-0.2, 0) is 9.53 Å². The van der Waals surface area contributed by atoms with E-state index in [0.29, 0.717) is 35.6 Å². The number of benzene rings is 1. The van der Waals surface area contributed by atoms with Gasteiger partial charge in [0.05, 0.1) is 12.2 Å². The van der Waals surface area contributed by atoms with Crippen LogP contribution in [0.4, 0.5) is 0 Å². The van der Waals surface area contributed by atoms with E-state index < -0.39 is 5.60 Å². The number of hydrogen-bond acceptors (Lipinski definition) is 4. The molecule has 110 valence electrons. The maximum atomic E-state index is 11.5. The van der Waals surface area contributed by atoms with Gasteiger partial charge in [-0.1, -0.05) is 11.6 Å². The van der Waals surface area contributed by atoms with Crippen molar-refractivity contribution in [3.8, 4) is 5.75 Å². The lowest BCUT2D eigenvalue weighted by Gasteiger charge is -2.19. The fourth-order valence-corrected chi connectivity index (χ4v) is 1.68. The molecule has 1 rings (SSSR count). The van der Waals surface area contributed by atoms with Crippen molar-refractivity contribution in [1.82, 2.24) is 0 Å². The normalized spacial score (nSPS) is 11.0. The van der Waals surface area contributed by atoms with Crippen molar-refractivity contribution in [2.45, 2.75) is 39.2 Å². The van der Waals surface area contributed by atoms with Crippen molar-refractivity contribution in [2.24, 2.45) is 0 Å². The highest BCUT2D eigenvalue weighted by Crippen LogP contribution is 2.22. The van der Waals surface area contributed by atoms with Gasteiger partial charge < -0.3 is 9.47 Å². The lowest BCUT2D eigenvalue weighted by atomic mass is 10.2. The summed E-state index contributed by atoms with van der Waals surface area (Å²) < 4.78 is 10.6. The van der Waals surface area contributed by atoms with Crippen molar-refractivity contribution in [2.75, 3.05) is 6.61 Å². The minimum Gasteiger partial charge on any atom is -0.493 e. The summed E-state index contributed by atoms with van der Waals surface area (Å²) in [5.41, 5.74) is -0.0399. The maximum absolute atomic E-state index is 11.5. The van der Waals surface area contributed by atoms with E-state index in [2.05, 4.69) is 0 Å². The standard InChI is InChI=1S/C15H19ClO4/c1-15(2,3)20-14(18)5-4-8-19-13-9-12(16)7-6-11(13)10-17/h6-7,9-10H,4-5,8H2,1-3H3. The van der Waals surface area contributed by atoms with Gasteiger partial charge in [0.2, 0.25) is 0 Å². The molecular weight excluding hydrogens is 280 g/mol. The second-order valence-electron chi connectivity index (χ2n) is 5.34. The van der Waals surface area contributed by atoms with E-state index in [9.17, 15) is 9.59 Å². The number of esters is 1. The first-order valence-corrected chi connectivity index (χ1v) is 6.79. The molecule has 0 aliphatic heterocycles. The summed E-state index contributed by atoms with van der Waals surface area (Å²) in [6.07, 6.45) is 1.49. The van der Waals surface area contributed by atoms with Crippen molar-refractivity contribution in [1.29, 1.82) is 0 Å². The molecule has 0 bridgehead atoms. The molecule has 0 amide bonds. The minimum absolute atomic E-state index is 0.261. The van der Waals surface area contributed by atoms with E-state index in [1.165, 1.54) is 0 Å². The van der Waals surface area contributed by atoms with E-state index in [0.717, 1.165) is 0 Å². The molecule has 0 atom stereocenters. The predicted molar refractivity (Wildman–Crippen MR) is 77.4 cm³/mol. The fraction of sp³-hybridized carbons (Fsp3) is 0.467. The monoisotopic (exact) mass is 298 g/mol. The molecule has 0 unspecified atom stereocenters. The number of carbonyl (C=O) groups is 2. The van der Waals surface area contributed by atoms with Crippen molar-refractivity contribution >= 4 is 23.9 Å². The molecule has 0 aliphatic rings. The third kappa shape index (κ3) is 6.06. The molecule has 1 aromatic rings. The first-order chi connectivity index (χ1) is 9.31. The second-order valence-corrected chi connectivity index (χ2v) is 5.77. The Kier molecular flexibility index (Phi) is 6.02. The Morgan fingerprint density at radius 1 is 1.35 bits per heavy atom. The van der Waals surface area contributed by atoms with Gasteiger partial charge in [-0.15, -0.1) is 0 Å². The Balaban J connectivity index is 2.40. The summed E-state index contributed by atoms with van der Waals surface area (Å²) in [7, 11) is 0. The smallest absolute Gasteiger partial charge is 0.306 e. The van der Waals surface area contributed by atoms with Crippen LogP contribution in [0, 0.1) is 0 Å². The topological polar surface area (TPSA) is 52.6 Å². The molecule has 0 N–H and O–H groups in total. The van der Waals surface area contributed by atoms with Crippen LogP contribution in [0.2, 0.25) is 5.02 Å². The average Bonchev–Trinajstić information content (AvgIpc) is 2.33. The van der Waals surface area contributed by atoms with Gasteiger partial charge in [0.15, 0.2) is 6.29 Å². The van der Waals surface area contributed by atoms with Crippen LogP contribution >= 0.6 is 11.6 Å². The molecule has 20 heavy (non-hydrogen) atoms. The molecular formula is C15H19ClO4. The Labute approximate surface area is 124 Å². The summed E-state index contributed by atoms with van der Waals surface area (Å²) in [6, 6.07) is 4.80. The molecule has 0 fully saturated rings. The number of carbonyl (C=O) groups excluding carboxylic acids is 2. The molecule has 0 aromatic heterocycles. The van der Waals surface area contributed by atoms with Crippen LogP contribution in [-0.4, -0.2) is 24.5 Å². The van der Waals surface area contributed by atoms with Crippen molar-refractivity contribution < 1.29 is 19.1 Å². The average molecular weight is 299 g/mol.